The number of amides is 1. The molecule has 0 unspecified atom stereocenters. The van der Waals surface area contributed by atoms with E-state index in [1.807, 2.05) is 4.90 Å². The third kappa shape index (κ3) is 4.85. The number of rotatable bonds is 5. The van der Waals surface area contributed by atoms with Crippen LogP contribution in [-0.2, 0) is 23.8 Å². The standard InChI is InChI=1S/C21H21ClF3N5OS/c22-16-10-13(21(23,24)25)12-27-19(16)30-8-6-29(7-9-30)5-4-18(31)28-20-15(11-26)14-2-1-3-17(14)32-20/h10,12H,1-9H2,(H,28,31). The summed E-state index contributed by atoms with van der Waals surface area (Å²) in [5.41, 5.74) is 0.816. The third-order valence-corrected chi connectivity index (χ3v) is 7.25. The number of aryl methyl sites for hydroxylation is 1. The molecule has 0 spiro atoms. The molecule has 1 N–H and O–H groups in total. The number of hydrogen-bond acceptors (Lipinski definition) is 6. The molecular formula is C21H21ClF3N5OS. The molecule has 0 saturated carbocycles. The van der Waals surface area contributed by atoms with Crippen molar-refractivity contribution in [1.82, 2.24) is 9.88 Å². The van der Waals surface area contributed by atoms with E-state index < -0.39 is 11.7 Å². The second-order valence-electron chi connectivity index (χ2n) is 7.83. The van der Waals surface area contributed by atoms with Crippen molar-refractivity contribution in [3.05, 3.63) is 38.9 Å². The summed E-state index contributed by atoms with van der Waals surface area (Å²) in [6.07, 6.45) is -0.463. The van der Waals surface area contributed by atoms with Crippen LogP contribution in [0.15, 0.2) is 12.3 Å². The second kappa shape index (κ2) is 9.25. The first-order valence-electron chi connectivity index (χ1n) is 10.3. The summed E-state index contributed by atoms with van der Waals surface area (Å²) in [5, 5.41) is 12.9. The van der Waals surface area contributed by atoms with Crippen LogP contribution in [0, 0.1) is 11.3 Å². The molecule has 1 saturated heterocycles. The molecule has 6 nitrogen and oxygen atoms in total. The topological polar surface area (TPSA) is 72.3 Å². The molecule has 1 aliphatic carbocycles. The number of anilines is 2. The second-order valence-corrected chi connectivity index (χ2v) is 9.34. The van der Waals surface area contributed by atoms with E-state index in [-0.39, 0.29) is 10.9 Å². The first kappa shape index (κ1) is 22.8. The van der Waals surface area contributed by atoms with Crippen LogP contribution >= 0.6 is 22.9 Å². The van der Waals surface area contributed by atoms with E-state index in [9.17, 15) is 23.2 Å². The number of hydrogen-bond donors (Lipinski definition) is 1. The Morgan fingerprint density at radius 1 is 1.28 bits per heavy atom. The number of carbonyl (C=O) groups excluding carboxylic acids is 1. The molecule has 2 aromatic heterocycles. The Bertz CT molecular complexity index is 1060. The average Bonchev–Trinajstić information content (AvgIpc) is 3.32. The molecule has 2 aromatic rings. The van der Waals surface area contributed by atoms with Gasteiger partial charge in [0.2, 0.25) is 5.91 Å². The zero-order valence-corrected chi connectivity index (χ0v) is 18.7. The Morgan fingerprint density at radius 2 is 2.03 bits per heavy atom. The summed E-state index contributed by atoms with van der Waals surface area (Å²) in [4.78, 5) is 21.5. The van der Waals surface area contributed by atoms with Gasteiger partial charge in [-0.15, -0.1) is 11.3 Å². The van der Waals surface area contributed by atoms with E-state index in [2.05, 4.69) is 21.3 Å². The molecule has 1 aliphatic heterocycles. The van der Waals surface area contributed by atoms with Crippen molar-refractivity contribution < 1.29 is 18.0 Å². The summed E-state index contributed by atoms with van der Waals surface area (Å²) in [7, 11) is 0. The number of nitrogens with one attached hydrogen (secondary N) is 1. The van der Waals surface area contributed by atoms with E-state index in [1.54, 1.807) is 0 Å². The van der Waals surface area contributed by atoms with Crippen LogP contribution in [0.3, 0.4) is 0 Å². The van der Waals surface area contributed by atoms with Crippen molar-refractivity contribution >= 4 is 39.7 Å². The number of nitrogens with zero attached hydrogens (tertiary/aromatic N) is 4. The highest BCUT2D eigenvalue weighted by molar-refractivity contribution is 7.16. The van der Waals surface area contributed by atoms with Crippen LogP contribution in [-0.4, -0.2) is 48.5 Å². The first-order chi connectivity index (χ1) is 15.3. The van der Waals surface area contributed by atoms with Crippen molar-refractivity contribution in [2.75, 3.05) is 42.9 Å². The van der Waals surface area contributed by atoms with Gasteiger partial charge in [0.15, 0.2) is 0 Å². The lowest BCUT2D eigenvalue weighted by Gasteiger charge is -2.35. The number of pyridine rings is 1. The van der Waals surface area contributed by atoms with Crippen LogP contribution in [0.1, 0.15) is 34.4 Å². The smallest absolute Gasteiger partial charge is 0.353 e. The minimum atomic E-state index is -4.48. The molecule has 0 bridgehead atoms. The average molecular weight is 484 g/mol. The Morgan fingerprint density at radius 3 is 2.69 bits per heavy atom. The number of carbonyl (C=O) groups is 1. The van der Waals surface area contributed by atoms with Crippen LogP contribution in [0.4, 0.5) is 24.0 Å². The maximum absolute atomic E-state index is 12.8. The third-order valence-electron chi connectivity index (χ3n) is 5.76. The van der Waals surface area contributed by atoms with Crippen LogP contribution in [0.5, 0.6) is 0 Å². The van der Waals surface area contributed by atoms with Gasteiger partial charge in [-0.05, 0) is 30.9 Å². The Hall–Kier alpha value is -2.35. The maximum Gasteiger partial charge on any atom is 0.417 e. The van der Waals surface area contributed by atoms with Gasteiger partial charge < -0.3 is 10.2 Å². The summed E-state index contributed by atoms with van der Waals surface area (Å²) in [5.74, 6) is 0.211. The fraction of sp³-hybridized carbons (Fsp3) is 0.476. The monoisotopic (exact) mass is 483 g/mol. The van der Waals surface area contributed by atoms with E-state index in [1.165, 1.54) is 16.2 Å². The molecular weight excluding hydrogens is 463 g/mol. The fourth-order valence-electron chi connectivity index (χ4n) is 4.06. The maximum atomic E-state index is 12.8. The summed E-state index contributed by atoms with van der Waals surface area (Å²) >= 11 is 7.54. The molecule has 4 rings (SSSR count). The van der Waals surface area contributed by atoms with Gasteiger partial charge in [0, 0.05) is 50.2 Å². The van der Waals surface area contributed by atoms with Crippen molar-refractivity contribution in [3.63, 3.8) is 0 Å². The summed E-state index contributed by atoms with van der Waals surface area (Å²) in [6.45, 7) is 2.94. The van der Waals surface area contributed by atoms with Crippen molar-refractivity contribution in [1.29, 1.82) is 5.26 Å². The van der Waals surface area contributed by atoms with Gasteiger partial charge in [0.1, 0.15) is 16.9 Å². The predicted molar refractivity (Wildman–Crippen MR) is 117 cm³/mol. The predicted octanol–water partition coefficient (Wildman–Crippen LogP) is 4.33. The molecule has 0 aromatic carbocycles. The quantitative estimate of drug-likeness (QED) is 0.685. The number of piperazine rings is 1. The number of nitriles is 1. The highest BCUT2D eigenvalue weighted by atomic mass is 35.5. The molecule has 11 heteroatoms. The SMILES string of the molecule is N#Cc1c(NC(=O)CCN2CCN(c3ncc(C(F)(F)F)cc3Cl)CC2)sc2c1CCC2. The Balaban J connectivity index is 1.27. The van der Waals surface area contributed by atoms with Crippen LogP contribution in [0.2, 0.25) is 5.02 Å². The number of alkyl halides is 3. The van der Waals surface area contributed by atoms with Gasteiger partial charge in [-0.25, -0.2) is 4.98 Å². The molecule has 170 valence electrons. The van der Waals surface area contributed by atoms with Gasteiger partial charge in [0.05, 0.1) is 16.1 Å². The molecule has 3 heterocycles. The van der Waals surface area contributed by atoms with Crippen LogP contribution in [0.25, 0.3) is 0 Å². The molecule has 32 heavy (non-hydrogen) atoms. The zero-order chi connectivity index (χ0) is 22.9. The molecule has 0 atom stereocenters. The lowest BCUT2D eigenvalue weighted by molar-refractivity contribution is -0.137. The molecule has 2 aliphatic rings. The van der Waals surface area contributed by atoms with Gasteiger partial charge in [-0.2, -0.15) is 18.4 Å². The molecule has 1 fully saturated rings. The van der Waals surface area contributed by atoms with Crippen molar-refractivity contribution in [2.24, 2.45) is 0 Å². The highest BCUT2D eigenvalue weighted by Gasteiger charge is 2.32. The van der Waals surface area contributed by atoms with E-state index in [0.29, 0.717) is 55.5 Å². The number of thiophene rings is 1. The summed E-state index contributed by atoms with van der Waals surface area (Å²) in [6, 6.07) is 3.12. The minimum absolute atomic E-state index is 0.0243. The number of aromatic nitrogens is 1. The minimum Gasteiger partial charge on any atom is -0.353 e. The van der Waals surface area contributed by atoms with E-state index in [0.717, 1.165) is 37.1 Å². The fourth-order valence-corrected chi connectivity index (χ4v) is 5.60. The van der Waals surface area contributed by atoms with E-state index >= 15 is 0 Å². The van der Waals surface area contributed by atoms with Gasteiger partial charge >= 0.3 is 6.18 Å². The Labute approximate surface area is 192 Å². The Kier molecular flexibility index (Phi) is 6.60. The van der Waals surface area contributed by atoms with Gasteiger partial charge in [-0.3, -0.25) is 9.69 Å². The van der Waals surface area contributed by atoms with Crippen molar-refractivity contribution in [3.8, 4) is 6.07 Å². The summed E-state index contributed by atoms with van der Waals surface area (Å²) < 4.78 is 38.4. The first-order valence-corrected chi connectivity index (χ1v) is 11.5. The molecule has 1 amide bonds. The van der Waals surface area contributed by atoms with Crippen molar-refractivity contribution in [2.45, 2.75) is 31.9 Å². The lowest BCUT2D eigenvalue weighted by Crippen LogP contribution is -2.47. The highest BCUT2D eigenvalue weighted by Crippen LogP contribution is 2.38. The normalized spacial score (nSPS) is 16.7. The largest absolute Gasteiger partial charge is 0.417 e. The lowest BCUT2D eigenvalue weighted by atomic mass is 10.1. The van der Waals surface area contributed by atoms with E-state index in [4.69, 9.17) is 11.6 Å². The van der Waals surface area contributed by atoms with Crippen LogP contribution < -0.4 is 10.2 Å². The number of halogens is 4. The molecule has 0 radical (unpaired) electrons. The zero-order valence-electron chi connectivity index (χ0n) is 17.1. The number of fused-ring (bicyclic) bond motifs is 1. The van der Waals surface area contributed by atoms with Gasteiger partial charge in [0.25, 0.3) is 0 Å². The van der Waals surface area contributed by atoms with Gasteiger partial charge in [-0.1, -0.05) is 11.6 Å².